The minimum absolute atomic E-state index is 0.653. The van der Waals surface area contributed by atoms with E-state index in [0.717, 1.165) is 17.4 Å². The summed E-state index contributed by atoms with van der Waals surface area (Å²) < 4.78 is 2.18. The van der Waals surface area contributed by atoms with Crippen molar-refractivity contribution in [2.45, 2.75) is 43.9 Å². The maximum Gasteiger partial charge on any atom is 0.0723 e. The minimum Gasteiger partial charge on any atom is -0.269 e. The van der Waals surface area contributed by atoms with Crippen molar-refractivity contribution in [1.82, 2.24) is 9.78 Å². The van der Waals surface area contributed by atoms with Gasteiger partial charge in [0.1, 0.15) is 0 Å². The van der Waals surface area contributed by atoms with Crippen LogP contribution in [0.1, 0.15) is 43.8 Å². The molecular weight excluding hydrogens is 240 g/mol. The van der Waals surface area contributed by atoms with Crippen LogP contribution in [0.15, 0.2) is 12.3 Å². The van der Waals surface area contributed by atoms with Gasteiger partial charge in [0.15, 0.2) is 0 Å². The van der Waals surface area contributed by atoms with Gasteiger partial charge in [-0.15, -0.1) is 11.6 Å². The SMILES string of the molecule is ClCCSCc1ccn(C2CCCCC2)n1. The Bertz CT molecular complexity index is 308. The van der Waals surface area contributed by atoms with Crippen molar-refractivity contribution in [2.24, 2.45) is 0 Å². The Hall–Kier alpha value is -0.150. The Morgan fingerprint density at radius 3 is 2.94 bits per heavy atom. The average molecular weight is 259 g/mol. The summed E-state index contributed by atoms with van der Waals surface area (Å²) in [5.74, 6) is 2.73. The van der Waals surface area contributed by atoms with Gasteiger partial charge in [-0.25, -0.2) is 0 Å². The van der Waals surface area contributed by atoms with Crippen LogP contribution >= 0.6 is 23.4 Å². The van der Waals surface area contributed by atoms with Crippen molar-refractivity contribution in [3.8, 4) is 0 Å². The highest BCUT2D eigenvalue weighted by atomic mass is 35.5. The maximum absolute atomic E-state index is 5.65. The van der Waals surface area contributed by atoms with Gasteiger partial charge in [-0.2, -0.15) is 16.9 Å². The van der Waals surface area contributed by atoms with Crippen molar-refractivity contribution in [3.05, 3.63) is 18.0 Å². The van der Waals surface area contributed by atoms with Gasteiger partial charge >= 0.3 is 0 Å². The second-order valence-corrected chi connectivity index (χ2v) is 5.80. The number of halogens is 1. The summed E-state index contributed by atoms with van der Waals surface area (Å²) in [5.41, 5.74) is 1.20. The van der Waals surface area contributed by atoms with Gasteiger partial charge in [-0.05, 0) is 18.9 Å². The first-order valence-corrected chi connectivity index (χ1v) is 7.77. The standard InChI is InChI=1S/C12H19ClN2S/c13-7-9-16-10-11-6-8-15(14-11)12-4-2-1-3-5-12/h6,8,12H,1-5,7,9-10H2. The van der Waals surface area contributed by atoms with Crippen LogP contribution in [0.5, 0.6) is 0 Å². The van der Waals surface area contributed by atoms with Gasteiger partial charge in [0, 0.05) is 23.6 Å². The average Bonchev–Trinajstić information content (AvgIpc) is 2.79. The highest BCUT2D eigenvalue weighted by Gasteiger charge is 2.15. The molecule has 0 aromatic carbocycles. The Morgan fingerprint density at radius 2 is 2.19 bits per heavy atom. The van der Waals surface area contributed by atoms with Crippen LogP contribution in [0.25, 0.3) is 0 Å². The lowest BCUT2D eigenvalue weighted by Gasteiger charge is -2.21. The van der Waals surface area contributed by atoms with Crippen LogP contribution in [0, 0.1) is 0 Å². The molecule has 0 aliphatic heterocycles. The minimum atomic E-state index is 0.653. The number of alkyl halides is 1. The summed E-state index contributed by atoms with van der Waals surface area (Å²) in [6.07, 6.45) is 8.87. The van der Waals surface area contributed by atoms with E-state index < -0.39 is 0 Å². The van der Waals surface area contributed by atoms with Gasteiger partial charge in [0.05, 0.1) is 11.7 Å². The highest BCUT2D eigenvalue weighted by molar-refractivity contribution is 7.98. The Morgan fingerprint density at radius 1 is 1.38 bits per heavy atom. The normalized spacial score (nSPS) is 17.8. The first-order chi connectivity index (χ1) is 7.90. The van der Waals surface area contributed by atoms with Gasteiger partial charge in [-0.1, -0.05) is 19.3 Å². The Balaban J connectivity index is 1.85. The van der Waals surface area contributed by atoms with Gasteiger partial charge < -0.3 is 0 Å². The molecule has 1 aliphatic rings. The topological polar surface area (TPSA) is 17.8 Å². The number of hydrogen-bond donors (Lipinski definition) is 0. The fraction of sp³-hybridized carbons (Fsp3) is 0.750. The van der Waals surface area contributed by atoms with E-state index in [-0.39, 0.29) is 0 Å². The first kappa shape index (κ1) is 12.3. The molecule has 0 unspecified atom stereocenters. The van der Waals surface area contributed by atoms with Crippen molar-refractivity contribution in [3.63, 3.8) is 0 Å². The number of nitrogens with zero attached hydrogens (tertiary/aromatic N) is 2. The van der Waals surface area contributed by atoms with Gasteiger partial charge in [0.2, 0.25) is 0 Å². The number of hydrogen-bond acceptors (Lipinski definition) is 2. The highest BCUT2D eigenvalue weighted by Crippen LogP contribution is 2.27. The third-order valence-corrected chi connectivity index (χ3v) is 4.49. The molecule has 1 aromatic rings. The summed E-state index contributed by atoms with van der Waals surface area (Å²) >= 11 is 7.51. The summed E-state index contributed by atoms with van der Waals surface area (Å²) in [5, 5.41) is 4.66. The second-order valence-electron chi connectivity index (χ2n) is 4.32. The van der Waals surface area contributed by atoms with Crippen molar-refractivity contribution in [2.75, 3.05) is 11.6 Å². The molecule has 1 aromatic heterocycles. The summed E-state index contributed by atoms with van der Waals surface area (Å²) in [4.78, 5) is 0. The van der Waals surface area contributed by atoms with Crippen LogP contribution in [0.3, 0.4) is 0 Å². The van der Waals surface area contributed by atoms with E-state index >= 15 is 0 Å². The van der Waals surface area contributed by atoms with E-state index in [1.165, 1.54) is 37.8 Å². The second kappa shape index (κ2) is 6.55. The van der Waals surface area contributed by atoms with E-state index in [4.69, 9.17) is 11.6 Å². The number of thioether (sulfide) groups is 1. The molecule has 0 radical (unpaired) electrons. The molecule has 90 valence electrons. The molecule has 0 saturated heterocycles. The van der Waals surface area contributed by atoms with E-state index in [9.17, 15) is 0 Å². The first-order valence-electron chi connectivity index (χ1n) is 6.08. The molecule has 1 fully saturated rings. The molecule has 16 heavy (non-hydrogen) atoms. The zero-order valence-electron chi connectivity index (χ0n) is 9.57. The smallest absolute Gasteiger partial charge is 0.0723 e. The van der Waals surface area contributed by atoms with Crippen molar-refractivity contribution in [1.29, 1.82) is 0 Å². The van der Waals surface area contributed by atoms with Crippen LogP contribution in [0.2, 0.25) is 0 Å². The largest absolute Gasteiger partial charge is 0.269 e. The predicted molar refractivity (Wildman–Crippen MR) is 71.2 cm³/mol. The van der Waals surface area contributed by atoms with Crippen LogP contribution in [0.4, 0.5) is 0 Å². The lowest BCUT2D eigenvalue weighted by molar-refractivity contribution is 0.328. The van der Waals surface area contributed by atoms with Crippen LogP contribution in [-0.4, -0.2) is 21.4 Å². The van der Waals surface area contributed by atoms with Gasteiger partial charge in [0.25, 0.3) is 0 Å². The summed E-state index contributed by atoms with van der Waals surface area (Å²) in [6.45, 7) is 0. The summed E-state index contributed by atoms with van der Waals surface area (Å²) in [7, 11) is 0. The predicted octanol–water partition coefficient (Wildman–Crippen LogP) is 3.86. The van der Waals surface area contributed by atoms with Crippen molar-refractivity contribution >= 4 is 23.4 Å². The molecule has 2 rings (SSSR count). The molecule has 1 saturated carbocycles. The van der Waals surface area contributed by atoms with E-state index in [1.807, 2.05) is 11.8 Å². The molecule has 0 N–H and O–H groups in total. The third-order valence-electron chi connectivity index (χ3n) is 3.08. The fourth-order valence-electron chi connectivity index (χ4n) is 2.23. The molecule has 0 bridgehead atoms. The molecule has 1 heterocycles. The molecule has 4 heteroatoms. The number of aromatic nitrogens is 2. The molecular formula is C12H19ClN2S. The molecule has 0 amide bonds. The maximum atomic E-state index is 5.65. The lowest BCUT2D eigenvalue weighted by Crippen LogP contribution is -2.13. The van der Waals surface area contributed by atoms with Crippen LogP contribution in [-0.2, 0) is 5.75 Å². The monoisotopic (exact) mass is 258 g/mol. The van der Waals surface area contributed by atoms with Gasteiger partial charge in [-0.3, -0.25) is 4.68 Å². The fourth-order valence-corrected chi connectivity index (χ4v) is 3.18. The molecule has 2 nitrogen and oxygen atoms in total. The van der Waals surface area contributed by atoms with Crippen molar-refractivity contribution < 1.29 is 0 Å². The molecule has 0 spiro atoms. The van der Waals surface area contributed by atoms with E-state index in [2.05, 4.69) is 22.0 Å². The Labute approximate surface area is 107 Å². The quantitative estimate of drug-likeness (QED) is 0.590. The zero-order chi connectivity index (χ0) is 11.2. The zero-order valence-corrected chi connectivity index (χ0v) is 11.1. The number of rotatable bonds is 5. The molecule has 0 atom stereocenters. The van der Waals surface area contributed by atoms with E-state index in [0.29, 0.717) is 6.04 Å². The Kier molecular flexibility index (Phi) is 5.04. The third kappa shape index (κ3) is 3.42. The van der Waals surface area contributed by atoms with E-state index in [1.54, 1.807) is 0 Å². The molecule has 1 aliphatic carbocycles. The van der Waals surface area contributed by atoms with Crippen LogP contribution < -0.4 is 0 Å². The lowest BCUT2D eigenvalue weighted by atomic mass is 9.96. The summed E-state index contributed by atoms with van der Waals surface area (Å²) in [6, 6.07) is 2.80.